The summed E-state index contributed by atoms with van der Waals surface area (Å²) < 4.78 is 37.7. The Bertz CT molecular complexity index is 773. The van der Waals surface area contributed by atoms with Crippen LogP contribution in [-0.2, 0) is 12.6 Å². The topological polar surface area (TPSA) is 56.7 Å². The van der Waals surface area contributed by atoms with E-state index in [0.717, 1.165) is 25.1 Å². The molecule has 0 aliphatic heterocycles. The second-order valence-corrected chi connectivity index (χ2v) is 7.09. The highest BCUT2D eigenvalue weighted by Crippen LogP contribution is 2.29. The second-order valence-electron chi connectivity index (χ2n) is 6.06. The molecule has 2 aromatic rings. The van der Waals surface area contributed by atoms with Crippen molar-refractivity contribution in [2.75, 3.05) is 33.7 Å². The first kappa shape index (κ1) is 21.7. The number of amides is 1. The molecule has 1 aromatic carbocycles. The number of nitrogens with one attached hydrogen (secondary N) is 2. The normalized spacial score (nSPS) is 12.0. The van der Waals surface area contributed by atoms with Gasteiger partial charge in [-0.25, -0.2) is 0 Å². The van der Waals surface area contributed by atoms with Crippen LogP contribution >= 0.6 is 11.3 Å². The van der Waals surface area contributed by atoms with E-state index in [2.05, 4.69) is 21.7 Å². The fourth-order valence-corrected chi connectivity index (χ4v) is 3.18. The molecule has 2 rings (SSSR count). The van der Waals surface area contributed by atoms with Gasteiger partial charge in [-0.3, -0.25) is 9.79 Å². The molecule has 2 N–H and O–H groups in total. The summed E-state index contributed by atoms with van der Waals surface area (Å²) in [5.74, 6) is 0.289. The van der Waals surface area contributed by atoms with E-state index >= 15 is 0 Å². The highest BCUT2D eigenvalue weighted by Gasteiger charge is 2.30. The molecule has 1 amide bonds. The van der Waals surface area contributed by atoms with E-state index in [9.17, 15) is 18.0 Å². The van der Waals surface area contributed by atoms with Gasteiger partial charge < -0.3 is 15.5 Å². The number of benzene rings is 1. The molecule has 5 nitrogen and oxygen atoms in total. The second kappa shape index (κ2) is 10.1. The Kier molecular flexibility index (Phi) is 7.86. The average molecular weight is 412 g/mol. The van der Waals surface area contributed by atoms with Crippen molar-refractivity contribution in [1.29, 1.82) is 0 Å². The van der Waals surface area contributed by atoms with Crippen molar-refractivity contribution in [2.24, 2.45) is 4.99 Å². The molecular formula is C19H23F3N4OS. The minimum Gasteiger partial charge on any atom is -0.354 e. The third-order valence-electron chi connectivity index (χ3n) is 4.02. The number of guanidine groups is 1. The maximum absolute atomic E-state index is 12.6. The number of carbonyl (C=O) groups is 1. The lowest BCUT2D eigenvalue weighted by Gasteiger charge is -2.22. The lowest BCUT2D eigenvalue weighted by Crippen LogP contribution is -2.43. The number of likely N-dealkylation sites (N-methyl/N-ethyl adjacent to an activating group) is 1. The predicted molar refractivity (Wildman–Crippen MR) is 106 cm³/mol. The Balaban J connectivity index is 1.73. The molecule has 9 heteroatoms. The molecule has 28 heavy (non-hydrogen) atoms. The number of rotatable bonds is 7. The maximum Gasteiger partial charge on any atom is 0.416 e. The maximum atomic E-state index is 12.6. The number of nitrogens with zero attached hydrogens (tertiary/aromatic N) is 2. The van der Waals surface area contributed by atoms with Gasteiger partial charge >= 0.3 is 6.18 Å². The van der Waals surface area contributed by atoms with E-state index in [4.69, 9.17) is 0 Å². The summed E-state index contributed by atoms with van der Waals surface area (Å²) in [5.41, 5.74) is -0.592. The first-order chi connectivity index (χ1) is 13.3. The quantitative estimate of drug-likeness (QED) is 0.417. The van der Waals surface area contributed by atoms with Gasteiger partial charge in [-0.2, -0.15) is 13.2 Å². The van der Waals surface area contributed by atoms with Gasteiger partial charge in [-0.1, -0.05) is 6.07 Å². The third kappa shape index (κ3) is 6.56. The first-order valence-corrected chi connectivity index (χ1v) is 9.59. The molecule has 1 aromatic heterocycles. The molecule has 0 aliphatic rings. The highest BCUT2D eigenvalue weighted by molar-refractivity contribution is 7.09. The molecule has 1 heterocycles. The Hall–Kier alpha value is -2.55. The van der Waals surface area contributed by atoms with Crippen LogP contribution in [0.25, 0.3) is 0 Å². The largest absolute Gasteiger partial charge is 0.416 e. The van der Waals surface area contributed by atoms with Crippen molar-refractivity contribution >= 4 is 23.2 Å². The van der Waals surface area contributed by atoms with Crippen LogP contribution in [0.2, 0.25) is 0 Å². The number of aliphatic imine (C=N–C) groups is 1. The molecule has 0 aliphatic carbocycles. The SMILES string of the molecule is CN=C(NCCNC(=O)c1ccc(C(F)(F)F)cc1)N(C)CCc1cccs1. The molecule has 0 spiro atoms. The number of thiophene rings is 1. The molecule has 152 valence electrons. The zero-order valence-corrected chi connectivity index (χ0v) is 16.5. The lowest BCUT2D eigenvalue weighted by molar-refractivity contribution is -0.137. The minimum absolute atomic E-state index is 0.186. The fraction of sp³-hybridized carbons (Fsp3) is 0.368. The molecular weight excluding hydrogens is 389 g/mol. The molecule has 0 atom stereocenters. The van der Waals surface area contributed by atoms with Crippen LogP contribution in [0.3, 0.4) is 0 Å². The highest BCUT2D eigenvalue weighted by atomic mass is 32.1. The molecule has 0 bridgehead atoms. The average Bonchev–Trinajstić information content (AvgIpc) is 3.19. The Morgan fingerprint density at radius 3 is 2.39 bits per heavy atom. The summed E-state index contributed by atoms with van der Waals surface area (Å²) in [7, 11) is 3.62. The van der Waals surface area contributed by atoms with Crippen LogP contribution in [0, 0.1) is 0 Å². The van der Waals surface area contributed by atoms with Gasteiger partial charge in [0.1, 0.15) is 0 Å². The van der Waals surface area contributed by atoms with Crippen molar-refractivity contribution in [3.05, 3.63) is 57.8 Å². The summed E-state index contributed by atoms with van der Waals surface area (Å²) in [4.78, 5) is 19.5. The van der Waals surface area contributed by atoms with E-state index in [1.165, 1.54) is 17.0 Å². The lowest BCUT2D eigenvalue weighted by atomic mass is 10.1. The number of hydrogen-bond acceptors (Lipinski definition) is 3. The van der Waals surface area contributed by atoms with Gasteiger partial charge in [0.05, 0.1) is 5.56 Å². The zero-order chi connectivity index (χ0) is 20.6. The monoisotopic (exact) mass is 412 g/mol. The summed E-state index contributed by atoms with van der Waals surface area (Å²) in [6.45, 7) is 1.57. The predicted octanol–water partition coefficient (Wildman–Crippen LogP) is 3.25. The van der Waals surface area contributed by atoms with Crippen molar-refractivity contribution in [3.8, 4) is 0 Å². The van der Waals surface area contributed by atoms with Gasteiger partial charge in [0, 0.05) is 44.2 Å². The summed E-state index contributed by atoms with van der Waals surface area (Å²) in [5, 5.41) is 7.87. The van der Waals surface area contributed by atoms with E-state index < -0.39 is 17.6 Å². The van der Waals surface area contributed by atoms with Crippen molar-refractivity contribution in [1.82, 2.24) is 15.5 Å². The molecule has 0 saturated carbocycles. The summed E-state index contributed by atoms with van der Waals surface area (Å²) in [6.07, 6.45) is -3.50. The van der Waals surface area contributed by atoms with Gasteiger partial charge in [-0.05, 0) is 42.1 Å². The Morgan fingerprint density at radius 1 is 1.14 bits per heavy atom. The van der Waals surface area contributed by atoms with E-state index in [1.54, 1.807) is 18.4 Å². The van der Waals surface area contributed by atoms with E-state index in [-0.39, 0.29) is 5.56 Å². The van der Waals surface area contributed by atoms with E-state index in [1.807, 2.05) is 23.4 Å². The Morgan fingerprint density at radius 2 is 1.82 bits per heavy atom. The smallest absolute Gasteiger partial charge is 0.354 e. The van der Waals surface area contributed by atoms with Crippen LogP contribution in [0.4, 0.5) is 13.2 Å². The molecule has 0 saturated heterocycles. The standard InChI is InChI=1S/C19H23F3N4OS/c1-23-18(26(2)12-9-16-4-3-13-28-16)25-11-10-24-17(27)14-5-7-15(8-6-14)19(20,21)22/h3-8,13H,9-12H2,1-2H3,(H,23,25)(H,24,27). The third-order valence-corrected chi connectivity index (χ3v) is 4.95. The van der Waals surface area contributed by atoms with Crippen molar-refractivity contribution in [3.63, 3.8) is 0 Å². The zero-order valence-electron chi connectivity index (χ0n) is 15.7. The first-order valence-electron chi connectivity index (χ1n) is 8.71. The number of halogens is 3. The Labute approximate surface area is 166 Å². The number of carbonyl (C=O) groups excluding carboxylic acids is 1. The van der Waals surface area contributed by atoms with Crippen LogP contribution in [0.15, 0.2) is 46.8 Å². The molecule has 0 fully saturated rings. The minimum atomic E-state index is -4.41. The van der Waals surface area contributed by atoms with Crippen LogP contribution in [0.1, 0.15) is 20.8 Å². The number of alkyl halides is 3. The van der Waals surface area contributed by atoms with Crippen molar-refractivity contribution in [2.45, 2.75) is 12.6 Å². The summed E-state index contributed by atoms with van der Waals surface area (Å²) in [6, 6.07) is 8.25. The summed E-state index contributed by atoms with van der Waals surface area (Å²) >= 11 is 1.71. The molecule has 0 unspecified atom stereocenters. The van der Waals surface area contributed by atoms with E-state index in [0.29, 0.717) is 19.0 Å². The van der Waals surface area contributed by atoms with Gasteiger partial charge in [-0.15, -0.1) is 11.3 Å². The van der Waals surface area contributed by atoms with Gasteiger partial charge in [0.2, 0.25) is 0 Å². The van der Waals surface area contributed by atoms with Crippen LogP contribution < -0.4 is 10.6 Å². The van der Waals surface area contributed by atoms with Crippen LogP contribution in [0.5, 0.6) is 0 Å². The van der Waals surface area contributed by atoms with Gasteiger partial charge in [0.25, 0.3) is 5.91 Å². The van der Waals surface area contributed by atoms with Crippen molar-refractivity contribution < 1.29 is 18.0 Å². The fourth-order valence-electron chi connectivity index (χ4n) is 2.49. The molecule has 0 radical (unpaired) electrons. The van der Waals surface area contributed by atoms with Crippen LogP contribution in [-0.4, -0.2) is 50.5 Å². The van der Waals surface area contributed by atoms with Gasteiger partial charge in [0.15, 0.2) is 5.96 Å². The number of hydrogen-bond donors (Lipinski definition) is 2.